The zero-order valence-electron chi connectivity index (χ0n) is 20.8. The molecule has 36 heavy (non-hydrogen) atoms. The van der Waals surface area contributed by atoms with Gasteiger partial charge in [0.2, 0.25) is 5.91 Å². The monoisotopic (exact) mass is 499 g/mol. The van der Waals surface area contributed by atoms with E-state index >= 15 is 0 Å². The molecule has 1 aromatic heterocycles. The van der Waals surface area contributed by atoms with E-state index in [-0.39, 0.29) is 0 Å². The van der Waals surface area contributed by atoms with Crippen molar-refractivity contribution in [3.8, 4) is 0 Å². The summed E-state index contributed by atoms with van der Waals surface area (Å²) in [6, 6.07) is 17.7. The first-order valence-electron chi connectivity index (χ1n) is 13.7. The van der Waals surface area contributed by atoms with Crippen molar-refractivity contribution in [1.82, 2.24) is 14.4 Å². The summed E-state index contributed by atoms with van der Waals surface area (Å²) in [5.74, 6) is 1.62. The Hall–Kier alpha value is -2.56. The minimum atomic E-state index is 0.291. The Morgan fingerprint density at radius 1 is 1.00 bits per heavy atom. The summed E-state index contributed by atoms with van der Waals surface area (Å²) in [7, 11) is 0. The topological polar surface area (TPSA) is 28.5 Å². The van der Waals surface area contributed by atoms with Crippen molar-refractivity contribution in [3.05, 3.63) is 76.5 Å². The van der Waals surface area contributed by atoms with E-state index in [1.165, 1.54) is 55.2 Å². The molecule has 0 unspecified atom stereocenters. The third kappa shape index (κ3) is 3.81. The number of halogens is 1. The molecule has 4 saturated heterocycles. The van der Waals surface area contributed by atoms with Gasteiger partial charge in [-0.25, -0.2) is 0 Å². The number of rotatable bonds is 3. The van der Waals surface area contributed by atoms with E-state index < -0.39 is 0 Å². The molecular formula is C31H34ClN3O. The van der Waals surface area contributed by atoms with E-state index in [4.69, 9.17) is 11.6 Å². The molecule has 2 aromatic carbocycles. The first-order chi connectivity index (χ1) is 17.7. The smallest absolute Gasteiger partial charge is 0.250 e. The van der Waals surface area contributed by atoms with E-state index in [0.29, 0.717) is 23.8 Å². The molecule has 4 atom stereocenters. The fourth-order valence-electron chi connectivity index (χ4n) is 7.87. The number of hydrogen-bond donors (Lipinski definition) is 0. The van der Waals surface area contributed by atoms with Crippen LogP contribution >= 0.6 is 11.6 Å². The van der Waals surface area contributed by atoms with Gasteiger partial charge in [-0.3, -0.25) is 9.69 Å². The van der Waals surface area contributed by atoms with Crippen molar-refractivity contribution in [2.24, 2.45) is 11.8 Å². The minimum Gasteiger partial charge on any atom is -0.342 e. The Labute approximate surface area is 218 Å². The number of fused-ring (bicyclic) bond motifs is 3. The van der Waals surface area contributed by atoms with Crippen LogP contribution in [0.15, 0.2) is 60.3 Å². The van der Waals surface area contributed by atoms with Crippen LogP contribution in [0.4, 0.5) is 0 Å². The highest BCUT2D eigenvalue weighted by Crippen LogP contribution is 2.45. The van der Waals surface area contributed by atoms with Gasteiger partial charge < -0.3 is 9.47 Å². The van der Waals surface area contributed by atoms with E-state index in [2.05, 4.69) is 57.0 Å². The van der Waals surface area contributed by atoms with Crippen LogP contribution in [0.2, 0.25) is 5.02 Å². The Morgan fingerprint density at radius 2 is 1.86 bits per heavy atom. The van der Waals surface area contributed by atoms with E-state index in [9.17, 15) is 4.79 Å². The van der Waals surface area contributed by atoms with Gasteiger partial charge in [0.05, 0.1) is 0 Å². The number of carbonyl (C=O) groups is 1. The summed E-state index contributed by atoms with van der Waals surface area (Å²) in [5.41, 5.74) is 4.50. The molecule has 3 aromatic rings. The molecule has 0 radical (unpaired) electrons. The second-order valence-electron chi connectivity index (χ2n) is 11.3. The molecule has 0 N–H and O–H groups in total. The number of benzene rings is 2. The lowest BCUT2D eigenvalue weighted by atomic mass is 9.67. The zero-order chi connectivity index (χ0) is 24.2. The lowest BCUT2D eigenvalue weighted by Crippen LogP contribution is -2.66. The molecule has 5 heterocycles. The second-order valence-corrected chi connectivity index (χ2v) is 11.8. The number of amides is 1. The predicted octanol–water partition coefficient (Wildman–Crippen LogP) is 6.22. The fourth-order valence-corrected chi connectivity index (χ4v) is 8.08. The maximum Gasteiger partial charge on any atom is 0.250 e. The molecule has 4 aliphatic rings. The maximum atomic E-state index is 13.9. The van der Waals surface area contributed by atoms with Crippen molar-refractivity contribution in [1.29, 1.82) is 0 Å². The summed E-state index contributed by atoms with van der Waals surface area (Å²) < 4.78 is 2.29. The van der Waals surface area contributed by atoms with Crippen LogP contribution in [-0.4, -0.2) is 52.0 Å². The number of aromatic nitrogens is 1. The van der Waals surface area contributed by atoms with Gasteiger partial charge in [-0.1, -0.05) is 41.9 Å². The molecule has 4 nitrogen and oxygen atoms in total. The minimum absolute atomic E-state index is 0.291. The predicted molar refractivity (Wildman–Crippen MR) is 146 cm³/mol. The van der Waals surface area contributed by atoms with Crippen LogP contribution in [0.3, 0.4) is 0 Å². The van der Waals surface area contributed by atoms with Gasteiger partial charge in [0, 0.05) is 58.4 Å². The summed E-state index contributed by atoms with van der Waals surface area (Å²) >= 11 is 6.25. The van der Waals surface area contributed by atoms with Gasteiger partial charge >= 0.3 is 0 Å². The van der Waals surface area contributed by atoms with E-state index in [1.807, 2.05) is 18.2 Å². The SMILES string of the molecule is O=C1/C(=C/c2cn(Cc3cccc(Cl)c3)c3ccccc23)CC[C@@H]2[C@H]3CCCN4CCC[C@@H](CN12)[C@@H]34. The number of hydrogen-bond acceptors (Lipinski definition) is 2. The van der Waals surface area contributed by atoms with Crippen molar-refractivity contribution < 1.29 is 4.79 Å². The molecule has 186 valence electrons. The molecule has 4 fully saturated rings. The molecule has 0 saturated carbocycles. The summed E-state index contributed by atoms with van der Waals surface area (Å²) in [6.07, 6.45) is 11.6. The van der Waals surface area contributed by atoms with Crippen LogP contribution < -0.4 is 0 Å². The quantitative estimate of drug-likeness (QED) is 0.400. The fraction of sp³-hybridized carbons (Fsp3) is 0.452. The van der Waals surface area contributed by atoms with Crippen molar-refractivity contribution in [2.75, 3.05) is 19.6 Å². The highest BCUT2D eigenvalue weighted by Gasteiger charge is 2.51. The number of carbonyl (C=O) groups excluding carboxylic acids is 1. The lowest BCUT2D eigenvalue weighted by molar-refractivity contribution is -0.145. The van der Waals surface area contributed by atoms with Gasteiger partial charge in [0.15, 0.2) is 0 Å². The average Bonchev–Trinajstić information content (AvgIpc) is 3.23. The third-order valence-electron chi connectivity index (χ3n) is 9.31. The van der Waals surface area contributed by atoms with Crippen LogP contribution in [-0.2, 0) is 11.3 Å². The van der Waals surface area contributed by atoms with Crippen molar-refractivity contribution in [2.45, 2.75) is 57.2 Å². The summed E-state index contributed by atoms with van der Waals surface area (Å²) in [6.45, 7) is 4.24. The van der Waals surface area contributed by atoms with Crippen molar-refractivity contribution in [3.63, 3.8) is 0 Å². The molecule has 7 rings (SSSR count). The van der Waals surface area contributed by atoms with Crippen LogP contribution in [0.5, 0.6) is 0 Å². The average molecular weight is 500 g/mol. The second kappa shape index (κ2) is 9.08. The van der Waals surface area contributed by atoms with Gasteiger partial charge in [0.25, 0.3) is 0 Å². The normalized spacial score (nSPS) is 29.4. The number of piperidine rings is 4. The maximum absolute atomic E-state index is 13.9. The molecular weight excluding hydrogens is 466 g/mol. The molecule has 0 aliphatic carbocycles. The summed E-state index contributed by atoms with van der Waals surface area (Å²) in [5, 5.41) is 1.97. The third-order valence-corrected chi connectivity index (χ3v) is 9.54. The first-order valence-corrected chi connectivity index (χ1v) is 14.1. The van der Waals surface area contributed by atoms with Crippen LogP contribution in [0.1, 0.15) is 49.7 Å². The zero-order valence-corrected chi connectivity index (χ0v) is 21.5. The molecule has 0 bridgehead atoms. The standard InChI is InChI=1S/C31H34ClN3O/c32-25-8-3-6-21(16-25)18-34-19-24(26-9-1-2-11-28(26)34)17-22-12-13-29-27-10-5-15-33-14-4-7-23(30(27)33)20-35(29)31(22)36/h1-3,6,8-9,11,16-17,19,23,27,29-30H,4-5,7,10,12-15,18,20H2/b22-17+/t23-,27+,29+,30-/m0/s1. The van der Waals surface area contributed by atoms with E-state index in [0.717, 1.165) is 48.1 Å². The summed E-state index contributed by atoms with van der Waals surface area (Å²) in [4.78, 5) is 19.0. The Kier molecular flexibility index (Phi) is 5.70. The van der Waals surface area contributed by atoms with Gasteiger partial charge in [-0.05, 0) is 93.3 Å². The Morgan fingerprint density at radius 3 is 2.75 bits per heavy atom. The lowest BCUT2D eigenvalue weighted by Gasteiger charge is -2.58. The largest absolute Gasteiger partial charge is 0.342 e. The Balaban J connectivity index is 1.20. The van der Waals surface area contributed by atoms with Gasteiger partial charge in [-0.2, -0.15) is 0 Å². The van der Waals surface area contributed by atoms with Crippen LogP contribution in [0.25, 0.3) is 17.0 Å². The van der Waals surface area contributed by atoms with Crippen LogP contribution in [0, 0.1) is 11.8 Å². The highest BCUT2D eigenvalue weighted by molar-refractivity contribution is 6.30. The molecule has 1 amide bonds. The number of nitrogens with zero attached hydrogens (tertiary/aromatic N) is 3. The highest BCUT2D eigenvalue weighted by atomic mass is 35.5. The van der Waals surface area contributed by atoms with Gasteiger partial charge in [-0.15, -0.1) is 0 Å². The van der Waals surface area contributed by atoms with Crippen molar-refractivity contribution >= 4 is 34.5 Å². The van der Waals surface area contributed by atoms with Gasteiger partial charge in [0.1, 0.15) is 0 Å². The molecule has 5 heteroatoms. The Bertz CT molecular complexity index is 1340. The molecule has 0 spiro atoms. The first kappa shape index (κ1) is 22.6. The molecule has 4 aliphatic heterocycles. The van der Waals surface area contributed by atoms with E-state index in [1.54, 1.807) is 0 Å². The number of para-hydroxylation sites is 1.